The van der Waals surface area contributed by atoms with Gasteiger partial charge in [-0.2, -0.15) is 0 Å². The zero-order chi connectivity index (χ0) is 15.5. The standard InChI is InChI=1S/C18H32N2O/c1-5-8-14-20(4)15-18(19-13-6-2)16-9-11-17(12-10-16)21-7-3/h9-12,18-19H,5-8,13-15H2,1-4H3. The molecular weight excluding hydrogens is 260 g/mol. The smallest absolute Gasteiger partial charge is 0.119 e. The van der Waals surface area contributed by atoms with E-state index in [9.17, 15) is 0 Å². The highest BCUT2D eigenvalue weighted by molar-refractivity contribution is 5.29. The molecule has 1 aromatic rings. The Labute approximate surface area is 130 Å². The Bertz CT molecular complexity index is 364. The molecule has 1 aromatic carbocycles. The lowest BCUT2D eigenvalue weighted by Gasteiger charge is -2.25. The van der Waals surface area contributed by atoms with Crippen molar-refractivity contribution in [1.82, 2.24) is 10.2 Å². The second kappa shape index (κ2) is 10.6. The van der Waals surface area contributed by atoms with E-state index in [4.69, 9.17) is 4.74 Å². The Balaban J connectivity index is 2.66. The highest BCUT2D eigenvalue weighted by atomic mass is 16.5. The lowest BCUT2D eigenvalue weighted by atomic mass is 10.1. The number of hydrogen-bond acceptors (Lipinski definition) is 3. The molecule has 1 N–H and O–H groups in total. The highest BCUT2D eigenvalue weighted by Crippen LogP contribution is 2.19. The molecule has 1 rings (SSSR count). The second-order valence-electron chi connectivity index (χ2n) is 5.62. The Morgan fingerprint density at radius 3 is 2.38 bits per heavy atom. The van der Waals surface area contributed by atoms with Gasteiger partial charge in [-0.1, -0.05) is 32.4 Å². The van der Waals surface area contributed by atoms with Crippen molar-refractivity contribution in [3.8, 4) is 5.75 Å². The van der Waals surface area contributed by atoms with Gasteiger partial charge in [0.05, 0.1) is 6.61 Å². The number of hydrogen-bond donors (Lipinski definition) is 1. The lowest BCUT2D eigenvalue weighted by molar-refractivity contribution is 0.286. The molecule has 0 aliphatic carbocycles. The fourth-order valence-corrected chi connectivity index (χ4v) is 2.40. The quantitative estimate of drug-likeness (QED) is 0.670. The van der Waals surface area contributed by atoms with Crippen LogP contribution in [0, 0.1) is 0 Å². The van der Waals surface area contributed by atoms with E-state index in [0.29, 0.717) is 6.04 Å². The number of unbranched alkanes of at least 4 members (excludes halogenated alkanes) is 1. The van der Waals surface area contributed by atoms with E-state index in [1.807, 2.05) is 6.92 Å². The minimum atomic E-state index is 0.391. The Morgan fingerprint density at radius 2 is 1.81 bits per heavy atom. The van der Waals surface area contributed by atoms with Crippen molar-refractivity contribution in [2.75, 3.05) is 33.3 Å². The summed E-state index contributed by atoms with van der Waals surface area (Å²) in [5.41, 5.74) is 1.34. The zero-order valence-electron chi connectivity index (χ0n) is 14.2. The summed E-state index contributed by atoms with van der Waals surface area (Å²) in [5.74, 6) is 0.954. The number of ether oxygens (including phenoxy) is 1. The first kappa shape index (κ1) is 18.0. The SMILES string of the molecule is CCCCN(C)CC(NCCC)c1ccc(OCC)cc1. The molecule has 0 aromatic heterocycles. The predicted molar refractivity (Wildman–Crippen MR) is 91.1 cm³/mol. The molecule has 0 radical (unpaired) electrons. The van der Waals surface area contributed by atoms with Crippen LogP contribution in [0.5, 0.6) is 5.75 Å². The van der Waals surface area contributed by atoms with Crippen molar-refractivity contribution in [3.63, 3.8) is 0 Å². The van der Waals surface area contributed by atoms with Crippen LogP contribution in [0.2, 0.25) is 0 Å². The van der Waals surface area contributed by atoms with Gasteiger partial charge in [-0.3, -0.25) is 0 Å². The summed E-state index contributed by atoms with van der Waals surface area (Å²) in [4.78, 5) is 2.42. The van der Waals surface area contributed by atoms with Gasteiger partial charge in [0.15, 0.2) is 0 Å². The van der Waals surface area contributed by atoms with Crippen molar-refractivity contribution < 1.29 is 4.74 Å². The topological polar surface area (TPSA) is 24.5 Å². The first-order valence-corrected chi connectivity index (χ1v) is 8.35. The van der Waals surface area contributed by atoms with Crippen molar-refractivity contribution in [2.45, 2.75) is 46.1 Å². The number of rotatable bonds is 11. The van der Waals surface area contributed by atoms with E-state index < -0.39 is 0 Å². The predicted octanol–water partition coefficient (Wildman–Crippen LogP) is 3.86. The summed E-state index contributed by atoms with van der Waals surface area (Å²) in [7, 11) is 2.21. The molecule has 0 fully saturated rings. The molecule has 3 nitrogen and oxygen atoms in total. The zero-order valence-corrected chi connectivity index (χ0v) is 14.2. The number of nitrogens with one attached hydrogen (secondary N) is 1. The van der Waals surface area contributed by atoms with Gasteiger partial charge in [-0.05, 0) is 57.6 Å². The third-order valence-electron chi connectivity index (χ3n) is 3.62. The molecule has 0 heterocycles. The van der Waals surface area contributed by atoms with Crippen molar-refractivity contribution in [1.29, 1.82) is 0 Å². The molecule has 0 saturated carbocycles. The number of benzene rings is 1. The van der Waals surface area contributed by atoms with Crippen LogP contribution >= 0.6 is 0 Å². The van der Waals surface area contributed by atoms with E-state index in [-0.39, 0.29) is 0 Å². The van der Waals surface area contributed by atoms with Gasteiger partial charge in [0.1, 0.15) is 5.75 Å². The summed E-state index contributed by atoms with van der Waals surface area (Å²) in [6.07, 6.45) is 3.67. The minimum Gasteiger partial charge on any atom is -0.494 e. The van der Waals surface area contributed by atoms with Crippen LogP contribution < -0.4 is 10.1 Å². The van der Waals surface area contributed by atoms with Gasteiger partial charge in [0, 0.05) is 12.6 Å². The molecule has 0 amide bonds. The fourth-order valence-electron chi connectivity index (χ4n) is 2.40. The van der Waals surface area contributed by atoms with E-state index in [1.54, 1.807) is 0 Å². The van der Waals surface area contributed by atoms with E-state index in [2.05, 4.69) is 55.4 Å². The Kier molecular flexibility index (Phi) is 9.11. The monoisotopic (exact) mass is 292 g/mol. The van der Waals surface area contributed by atoms with Crippen LogP contribution in [0.1, 0.15) is 51.6 Å². The fraction of sp³-hybridized carbons (Fsp3) is 0.667. The van der Waals surface area contributed by atoms with Gasteiger partial charge < -0.3 is 15.0 Å². The molecule has 1 atom stereocenters. The molecule has 0 bridgehead atoms. The second-order valence-corrected chi connectivity index (χ2v) is 5.62. The summed E-state index contributed by atoms with van der Waals surface area (Å²) in [6, 6.07) is 8.91. The van der Waals surface area contributed by atoms with Gasteiger partial charge in [0.25, 0.3) is 0 Å². The third-order valence-corrected chi connectivity index (χ3v) is 3.62. The maximum atomic E-state index is 5.53. The van der Waals surface area contributed by atoms with Crippen molar-refractivity contribution in [3.05, 3.63) is 29.8 Å². The molecule has 21 heavy (non-hydrogen) atoms. The summed E-state index contributed by atoms with van der Waals surface area (Å²) >= 11 is 0. The maximum Gasteiger partial charge on any atom is 0.119 e. The maximum absolute atomic E-state index is 5.53. The van der Waals surface area contributed by atoms with Gasteiger partial charge in [-0.15, -0.1) is 0 Å². The number of likely N-dealkylation sites (N-methyl/N-ethyl adjacent to an activating group) is 1. The first-order chi connectivity index (χ1) is 10.2. The summed E-state index contributed by atoms with van der Waals surface area (Å²) in [6.45, 7) is 10.5. The van der Waals surface area contributed by atoms with Crippen LogP contribution in [0.4, 0.5) is 0 Å². The largest absolute Gasteiger partial charge is 0.494 e. The van der Waals surface area contributed by atoms with Crippen LogP contribution in [0.25, 0.3) is 0 Å². The average Bonchev–Trinajstić information content (AvgIpc) is 2.50. The van der Waals surface area contributed by atoms with Gasteiger partial charge in [-0.25, -0.2) is 0 Å². The molecule has 0 spiro atoms. The van der Waals surface area contributed by atoms with Crippen LogP contribution in [-0.4, -0.2) is 38.2 Å². The van der Waals surface area contributed by atoms with E-state index in [1.165, 1.54) is 18.4 Å². The van der Waals surface area contributed by atoms with Crippen LogP contribution in [0.3, 0.4) is 0 Å². The Hall–Kier alpha value is -1.06. The first-order valence-electron chi connectivity index (χ1n) is 8.35. The lowest BCUT2D eigenvalue weighted by Crippen LogP contribution is -2.34. The summed E-state index contributed by atoms with van der Waals surface area (Å²) in [5, 5.41) is 3.66. The van der Waals surface area contributed by atoms with Crippen LogP contribution in [0.15, 0.2) is 24.3 Å². The van der Waals surface area contributed by atoms with Gasteiger partial charge in [0.2, 0.25) is 0 Å². The van der Waals surface area contributed by atoms with Crippen LogP contribution in [-0.2, 0) is 0 Å². The molecule has 0 aliphatic heterocycles. The van der Waals surface area contributed by atoms with Crippen molar-refractivity contribution >= 4 is 0 Å². The minimum absolute atomic E-state index is 0.391. The number of nitrogens with zero attached hydrogens (tertiary/aromatic N) is 1. The highest BCUT2D eigenvalue weighted by Gasteiger charge is 2.13. The average molecular weight is 292 g/mol. The molecule has 0 aliphatic rings. The molecule has 0 saturated heterocycles. The van der Waals surface area contributed by atoms with Gasteiger partial charge >= 0.3 is 0 Å². The molecular formula is C18H32N2O. The molecule has 1 unspecified atom stereocenters. The normalized spacial score (nSPS) is 12.6. The third kappa shape index (κ3) is 6.96. The Morgan fingerprint density at radius 1 is 1.10 bits per heavy atom. The summed E-state index contributed by atoms with van der Waals surface area (Å²) < 4.78 is 5.53. The van der Waals surface area contributed by atoms with Crippen molar-refractivity contribution in [2.24, 2.45) is 0 Å². The molecule has 3 heteroatoms. The molecule has 120 valence electrons. The van der Waals surface area contributed by atoms with E-state index >= 15 is 0 Å². The van der Waals surface area contributed by atoms with E-state index in [0.717, 1.165) is 38.4 Å².